The fourth-order valence-corrected chi connectivity index (χ4v) is 3.22. The van der Waals surface area contributed by atoms with Crippen molar-refractivity contribution in [2.75, 3.05) is 14.2 Å². The van der Waals surface area contributed by atoms with Crippen LogP contribution in [-0.4, -0.2) is 26.3 Å². The summed E-state index contributed by atoms with van der Waals surface area (Å²) in [5, 5.41) is 0. The fourth-order valence-electron chi connectivity index (χ4n) is 3.22. The molecule has 0 fully saturated rings. The van der Waals surface area contributed by atoms with Crippen LogP contribution in [0.1, 0.15) is 37.7 Å². The quantitative estimate of drug-likeness (QED) is 0.749. The maximum Gasteiger partial charge on any atom is 0.336 e. The van der Waals surface area contributed by atoms with Crippen molar-refractivity contribution in [3.8, 4) is 0 Å². The Morgan fingerprint density at radius 1 is 1.19 bits per heavy atom. The second-order valence-corrected chi connectivity index (χ2v) is 5.51. The third kappa shape index (κ3) is 3.35. The molecule has 0 heterocycles. The van der Waals surface area contributed by atoms with Crippen molar-refractivity contribution < 1.29 is 14.3 Å². The van der Waals surface area contributed by atoms with Crippen LogP contribution < -0.4 is 0 Å². The molecule has 3 atom stereocenters. The number of benzene rings is 1. The highest BCUT2D eigenvalue weighted by Gasteiger charge is 2.41. The Labute approximate surface area is 127 Å². The summed E-state index contributed by atoms with van der Waals surface area (Å²) in [7, 11) is 3.09. The van der Waals surface area contributed by atoms with Gasteiger partial charge in [-0.2, -0.15) is 0 Å². The third-order valence-corrected chi connectivity index (χ3v) is 4.24. The Balaban J connectivity index is 2.33. The summed E-state index contributed by atoms with van der Waals surface area (Å²) >= 11 is 0. The van der Waals surface area contributed by atoms with Crippen LogP contribution in [0.25, 0.3) is 0 Å². The number of rotatable bonds is 6. The average Bonchev–Trinajstić information content (AvgIpc) is 2.91. The predicted octanol–water partition coefficient (Wildman–Crippen LogP) is 3.70. The van der Waals surface area contributed by atoms with E-state index in [2.05, 4.69) is 25.1 Å². The van der Waals surface area contributed by atoms with Gasteiger partial charge in [-0.1, -0.05) is 56.2 Å². The molecule has 1 aromatic rings. The van der Waals surface area contributed by atoms with E-state index < -0.39 is 0 Å². The molecule has 0 spiro atoms. The zero-order chi connectivity index (χ0) is 15.2. The molecule has 0 unspecified atom stereocenters. The van der Waals surface area contributed by atoms with Gasteiger partial charge in [0, 0.05) is 13.0 Å². The van der Waals surface area contributed by atoms with E-state index in [4.69, 9.17) is 9.47 Å². The van der Waals surface area contributed by atoms with Crippen molar-refractivity contribution in [2.24, 2.45) is 5.92 Å². The molecule has 0 saturated heterocycles. The third-order valence-electron chi connectivity index (χ3n) is 4.24. The van der Waals surface area contributed by atoms with E-state index in [1.807, 2.05) is 18.2 Å². The maximum absolute atomic E-state index is 12.0. The van der Waals surface area contributed by atoms with Crippen molar-refractivity contribution in [3.63, 3.8) is 0 Å². The Hall–Kier alpha value is -1.61. The summed E-state index contributed by atoms with van der Waals surface area (Å²) in [5.41, 5.74) is 1.88. The molecule has 0 aliphatic heterocycles. The highest BCUT2D eigenvalue weighted by Crippen LogP contribution is 2.43. The fraction of sp³-hybridized carbons (Fsp3) is 0.500. The molecule has 0 bridgehead atoms. The highest BCUT2D eigenvalue weighted by atomic mass is 16.5. The van der Waals surface area contributed by atoms with Crippen LogP contribution in [0.5, 0.6) is 0 Å². The lowest BCUT2D eigenvalue weighted by Crippen LogP contribution is -2.26. The van der Waals surface area contributed by atoms with Gasteiger partial charge in [-0.15, -0.1) is 0 Å². The Morgan fingerprint density at radius 3 is 2.48 bits per heavy atom. The molecule has 2 rings (SSSR count). The zero-order valence-electron chi connectivity index (χ0n) is 13.0. The van der Waals surface area contributed by atoms with Gasteiger partial charge >= 0.3 is 5.97 Å². The van der Waals surface area contributed by atoms with Crippen LogP contribution in [-0.2, 0) is 14.3 Å². The monoisotopic (exact) mass is 288 g/mol. The first-order valence-corrected chi connectivity index (χ1v) is 7.60. The maximum atomic E-state index is 12.0. The SMILES string of the molecule is CCCC[C@@H]1C=C(C(=O)OC)[C@H](OC)[C@@H]1c1ccccc1. The molecule has 114 valence electrons. The second kappa shape index (κ2) is 7.41. The highest BCUT2D eigenvalue weighted by molar-refractivity contribution is 5.90. The summed E-state index contributed by atoms with van der Waals surface area (Å²) in [6, 6.07) is 10.3. The van der Waals surface area contributed by atoms with Crippen LogP contribution in [0.3, 0.4) is 0 Å². The van der Waals surface area contributed by atoms with E-state index >= 15 is 0 Å². The van der Waals surface area contributed by atoms with Gasteiger partial charge in [-0.25, -0.2) is 4.79 Å². The smallest absolute Gasteiger partial charge is 0.336 e. The summed E-state index contributed by atoms with van der Waals surface area (Å²) in [6.07, 6.45) is 5.21. The molecule has 21 heavy (non-hydrogen) atoms. The van der Waals surface area contributed by atoms with Crippen LogP contribution in [0, 0.1) is 5.92 Å². The first-order valence-electron chi connectivity index (χ1n) is 7.60. The summed E-state index contributed by atoms with van der Waals surface area (Å²) < 4.78 is 10.6. The van der Waals surface area contributed by atoms with Crippen molar-refractivity contribution in [2.45, 2.75) is 38.2 Å². The Bertz CT molecular complexity index is 492. The molecule has 0 radical (unpaired) electrons. The number of hydrogen-bond acceptors (Lipinski definition) is 3. The van der Waals surface area contributed by atoms with Crippen LogP contribution in [0.15, 0.2) is 42.0 Å². The van der Waals surface area contributed by atoms with Crippen LogP contribution >= 0.6 is 0 Å². The summed E-state index contributed by atoms with van der Waals surface area (Å²) in [6.45, 7) is 2.19. The first kappa shape index (κ1) is 15.8. The predicted molar refractivity (Wildman–Crippen MR) is 83.1 cm³/mol. The first-order chi connectivity index (χ1) is 10.2. The number of carbonyl (C=O) groups is 1. The minimum absolute atomic E-state index is 0.192. The molecule has 1 aromatic carbocycles. The van der Waals surface area contributed by atoms with E-state index in [-0.39, 0.29) is 18.0 Å². The van der Waals surface area contributed by atoms with Crippen LogP contribution in [0.2, 0.25) is 0 Å². The minimum Gasteiger partial charge on any atom is -0.466 e. The Morgan fingerprint density at radius 2 is 1.90 bits per heavy atom. The number of ether oxygens (including phenoxy) is 2. The Kier molecular flexibility index (Phi) is 5.57. The van der Waals surface area contributed by atoms with Crippen molar-refractivity contribution in [1.82, 2.24) is 0 Å². The normalized spacial score (nSPS) is 24.7. The number of esters is 1. The summed E-state index contributed by atoms with van der Waals surface area (Å²) in [5.74, 6) is 0.241. The zero-order valence-corrected chi connectivity index (χ0v) is 13.0. The van der Waals surface area contributed by atoms with E-state index in [1.54, 1.807) is 7.11 Å². The standard InChI is InChI=1S/C18H24O3/c1-4-5-9-14-12-15(18(19)21-3)17(20-2)16(14)13-10-7-6-8-11-13/h6-8,10-12,14,16-17H,4-5,9H2,1-3H3/t14-,16-,17+/m1/s1. The lowest BCUT2D eigenvalue weighted by atomic mass is 9.83. The van der Waals surface area contributed by atoms with Crippen LogP contribution in [0.4, 0.5) is 0 Å². The lowest BCUT2D eigenvalue weighted by Gasteiger charge is -2.26. The van der Waals surface area contributed by atoms with E-state index in [0.717, 1.165) is 19.3 Å². The number of allylic oxidation sites excluding steroid dienone is 1. The topological polar surface area (TPSA) is 35.5 Å². The van der Waals surface area contributed by atoms with Crippen molar-refractivity contribution in [1.29, 1.82) is 0 Å². The van der Waals surface area contributed by atoms with E-state index in [9.17, 15) is 4.79 Å². The largest absolute Gasteiger partial charge is 0.466 e. The van der Waals surface area contributed by atoms with Gasteiger partial charge in [0.05, 0.1) is 18.8 Å². The molecule has 1 aliphatic rings. The molecule has 0 aromatic heterocycles. The van der Waals surface area contributed by atoms with Gasteiger partial charge in [0.2, 0.25) is 0 Å². The van der Waals surface area contributed by atoms with Gasteiger partial charge in [0.15, 0.2) is 0 Å². The molecule has 0 amide bonds. The number of methoxy groups -OCH3 is 2. The number of hydrogen-bond donors (Lipinski definition) is 0. The second-order valence-electron chi connectivity index (χ2n) is 5.51. The number of unbranched alkanes of at least 4 members (excludes halogenated alkanes) is 1. The molecular formula is C18H24O3. The molecule has 1 aliphatic carbocycles. The van der Waals surface area contributed by atoms with E-state index in [0.29, 0.717) is 11.5 Å². The minimum atomic E-state index is -0.276. The molecular weight excluding hydrogens is 264 g/mol. The number of carbonyl (C=O) groups excluding carboxylic acids is 1. The van der Waals surface area contributed by atoms with Crippen molar-refractivity contribution in [3.05, 3.63) is 47.5 Å². The van der Waals surface area contributed by atoms with Gasteiger partial charge in [-0.05, 0) is 17.9 Å². The lowest BCUT2D eigenvalue weighted by molar-refractivity contribution is -0.137. The van der Waals surface area contributed by atoms with Gasteiger partial charge in [0.1, 0.15) is 0 Å². The molecule has 3 nitrogen and oxygen atoms in total. The van der Waals surface area contributed by atoms with Crippen molar-refractivity contribution >= 4 is 5.97 Å². The van der Waals surface area contributed by atoms with Gasteiger partial charge < -0.3 is 9.47 Å². The average molecular weight is 288 g/mol. The van der Waals surface area contributed by atoms with Gasteiger partial charge in [0.25, 0.3) is 0 Å². The molecule has 0 saturated carbocycles. The van der Waals surface area contributed by atoms with E-state index in [1.165, 1.54) is 12.7 Å². The molecule has 3 heteroatoms. The summed E-state index contributed by atoms with van der Waals surface area (Å²) in [4.78, 5) is 12.0. The molecule has 0 N–H and O–H groups in total. The van der Waals surface area contributed by atoms with Gasteiger partial charge in [-0.3, -0.25) is 0 Å².